The molecule has 3 N–H and O–H groups in total. The number of carbonyl (C=O) groups excluding carboxylic acids is 1. The Balaban J connectivity index is 2.08. The average Bonchev–Trinajstić information content (AvgIpc) is 2.64. The highest BCUT2D eigenvalue weighted by atomic mass is 19.1. The van der Waals surface area contributed by atoms with Crippen molar-refractivity contribution in [1.29, 1.82) is 0 Å². The van der Waals surface area contributed by atoms with Crippen LogP contribution < -0.4 is 16.6 Å². The molecule has 2 heterocycles. The van der Waals surface area contributed by atoms with Crippen LogP contribution in [0.15, 0.2) is 40.1 Å². The van der Waals surface area contributed by atoms with E-state index in [9.17, 15) is 32.7 Å². The van der Waals surface area contributed by atoms with E-state index in [0.29, 0.717) is 10.6 Å². The van der Waals surface area contributed by atoms with Gasteiger partial charge in [-0.1, -0.05) is 0 Å². The molecular formula is C20H19F3N4O4. The van der Waals surface area contributed by atoms with Crippen LogP contribution >= 0.6 is 0 Å². The molecule has 2 atom stereocenters. The van der Waals surface area contributed by atoms with E-state index in [2.05, 4.69) is 15.3 Å². The lowest BCUT2D eigenvalue weighted by molar-refractivity contribution is -0.132. The van der Waals surface area contributed by atoms with Gasteiger partial charge in [0.2, 0.25) is 5.91 Å². The third-order valence-electron chi connectivity index (χ3n) is 4.67. The summed E-state index contributed by atoms with van der Waals surface area (Å²) in [6, 6.07) is 0.874. The number of fused-ring (bicyclic) bond motifs is 1. The molecule has 11 heteroatoms. The first-order valence-corrected chi connectivity index (χ1v) is 9.18. The molecule has 0 bridgehead atoms. The number of aromatic nitrogens is 3. The van der Waals surface area contributed by atoms with Crippen molar-refractivity contribution < 1.29 is 23.1 Å². The Bertz CT molecular complexity index is 1280. The molecular weight excluding hydrogens is 417 g/mol. The molecule has 1 aromatic carbocycles. The van der Waals surface area contributed by atoms with E-state index < -0.39 is 52.3 Å². The smallest absolute Gasteiger partial charge is 0.329 e. The van der Waals surface area contributed by atoms with Crippen molar-refractivity contribution in [3.8, 4) is 0 Å². The number of aliphatic hydroxyl groups is 1. The molecule has 0 fully saturated rings. The molecule has 0 aliphatic heterocycles. The Morgan fingerprint density at radius 1 is 1.19 bits per heavy atom. The highest BCUT2D eigenvalue weighted by Crippen LogP contribution is 2.23. The monoisotopic (exact) mass is 436 g/mol. The van der Waals surface area contributed by atoms with Gasteiger partial charge in [-0.25, -0.2) is 22.5 Å². The number of H-pyrrole nitrogens is 1. The number of rotatable bonds is 5. The minimum atomic E-state index is -1.93. The summed E-state index contributed by atoms with van der Waals surface area (Å²) in [5, 5.41) is 12.7. The van der Waals surface area contributed by atoms with Crippen molar-refractivity contribution in [1.82, 2.24) is 19.9 Å². The number of hydrogen-bond acceptors (Lipinski definition) is 5. The van der Waals surface area contributed by atoms with Gasteiger partial charge in [0.15, 0.2) is 0 Å². The SMILES string of the molecule is C[C@@H](NC(=O)[C@H](n1c(=O)[nH]c2ccc(F)cc2c1=O)C(C)(C)O)c1ncc(F)cc1F. The Morgan fingerprint density at radius 2 is 1.87 bits per heavy atom. The molecule has 0 unspecified atom stereocenters. The first-order chi connectivity index (χ1) is 14.4. The summed E-state index contributed by atoms with van der Waals surface area (Å²) in [4.78, 5) is 44.5. The molecule has 0 saturated carbocycles. The molecule has 0 aliphatic carbocycles. The van der Waals surface area contributed by atoms with Gasteiger partial charge in [0.1, 0.15) is 23.5 Å². The normalized spacial score (nSPS) is 13.8. The van der Waals surface area contributed by atoms with Gasteiger partial charge in [0.25, 0.3) is 5.56 Å². The van der Waals surface area contributed by atoms with Crippen LogP contribution in [0.4, 0.5) is 13.2 Å². The summed E-state index contributed by atoms with van der Waals surface area (Å²) in [6.07, 6.45) is 0.765. The largest absolute Gasteiger partial charge is 0.388 e. The Labute approximate surface area is 173 Å². The van der Waals surface area contributed by atoms with E-state index in [1.54, 1.807) is 0 Å². The van der Waals surface area contributed by atoms with Crippen molar-refractivity contribution in [3.05, 3.63) is 74.4 Å². The van der Waals surface area contributed by atoms with E-state index in [4.69, 9.17) is 0 Å². The third kappa shape index (κ3) is 4.36. The highest BCUT2D eigenvalue weighted by Gasteiger charge is 2.38. The lowest BCUT2D eigenvalue weighted by Gasteiger charge is -2.30. The topological polar surface area (TPSA) is 117 Å². The standard InChI is InChI=1S/C20H19F3N4O4/c1-9(15-13(23)7-11(22)8-24-15)25-17(28)16(20(2,3)31)27-18(29)12-6-10(21)4-5-14(12)26-19(27)30/h4-9,16,31H,1-3H3,(H,25,28)(H,26,30)/t9-,16+/m1/s1. The van der Waals surface area contributed by atoms with E-state index in [0.717, 1.165) is 18.3 Å². The van der Waals surface area contributed by atoms with Crippen LogP contribution in [-0.2, 0) is 4.79 Å². The molecule has 0 saturated heterocycles. The molecule has 164 valence electrons. The molecule has 31 heavy (non-hydrogen) atoms. The van der Waals surface area contributed by atoms with Gasteiger partial charge in [-0.05, 0) is 39.0 Å². The van der Waals surface area contributed by atoms with E-state index in [-0.39, 0.29) is 16.6 Å². The molecule has 3 rings (SSSR count). The number of pyridine rings is 1. The number of nitrogens with zero attached hydrogens (tertiary/aromatic N) is 2. The van der Waals surface area contributed by atoms with Gasteiger partial charge in [0.05, 0.1) is 34.4 Å². The summed E-state index contributed by atoms with van der Waals surface area (Å²) in [5.41, 5.74) is -4.18. The van der Waals surface area contributed by atoms with Crippen LogP contribution in [0.1, 0.15) is 38.5 Å². The zero-order valence-corrected chi connectivity index (χ0v) is 16.7. The summed E-state index contributed by atoms with van der Waals surface area (Å²) in [5.74, 6) is -3.66. The van der Waals surface area contributed by atoms with E-state index >= 15 is 0 Å². The Hall–Kier alpha value is -3.47. The second-order valence-electron chi connectivity index (χ2n) is 7.60. The number of aromatic amines is 1. The maximum Gasteiger partial charge on any atom is 0.329 e. The van der Waals surface area contributed by atoms with Gasteiger partial charge in [-0.3, -0.25) is 14.6 Å². The maximum atomic E-state index is 14.0. The second kappa shape index (κ2) is 7.99. The number of carbonyl (C=O) groups is 1. The quantitative estimate of drug-likeness (QED) is 0.563. The minimum absolute atomic E-state index is 0.0495. The first kappa shape index (κ1) is 22.2. The van der Waals surface area contributed by atoms with Crippen molar-refractivity contribution in [3.63, 3.8) is 0 Å². The van der Waals surface area contributed by atoms with Gasteiger partial charge >= 0.3 is 5.69 Å². The van der Waals surface area contributed by atoms with Crippen LogP contribution in [0.5, 0.6) is 0 Å². The van der Waals surface area contributed by atoms with Gasteiger partial charge < -0.3 is 15.4 Å². The van der Waals surface area contributed by atoms with Gasteiger partial charge in [-0.15, -0.1) is 0 Å². The zero-order chi connectivity index (χ0) is 23.1. The van der Waals surface area contributed by atoms with E-state index in [1.165, 1.54) is 26.8 Å². The molecule has 1 amide bonds. The summed E-state index contributed by atoms with van der Waals surface area (Å²) >= 11 is 0. The molecule has 0 spiro atoms. The maximum absolute atomic E-state index is 14.0. The fourth-order valence-electron chi connectivity index (χ4n) is 3.29. The number of amides is 1. The predicted molar refractivity (Wildman–Crippen MR) is 105 cm³/mol. The number of benzene rings is 1. The van der Waals surface area contributed by atoms with Crippen molar-refractivity contribution in [2.45, 2.75) is 38.5 Å². The third-order valence-corrected chi connectivity index (χ3v) is 4.67. The highest BCUT2D eigenvalue weighted by molar-refractivity contribution is 5.83. The lowest BCUT2D eigenvalue weighted by atomic mass is 9.97. The van der Waals surface area contributed by atoms with Crippen LogP contribution in [0.3, 0.4) is 0 Å². The van der Waals surface area contributed by atoms with Gasteiger partial charge in [0, 0.05) is 6.07 Å². The summed E-state index contributed by atoms with van der Waals surface area (Å²) in [7, 11) is 0. The van der Waals surface area contributed by atoms with E-state index in [1.807, 2.05) is 0 Å². The number of hydrogen-bond donors (Lipinski definition) is 3. The van der Waals surface area contributed by atoms with Crippen molar-refractivity contribution in [2.75, 3.05) is 0 Å². The Kier molecular flexibility index (Phi) is 5.72. The first-order valence-electron chi connectivity index (χ1n) is 9.18. The second-order valence-corrected chi connectivity index (χ2v) is 7.60. The fraction of sp³-hybridized carbons (Fsp3) is 0.300. The molecule has 3 aromatic rings. The van der Waals surface area contributed by atoms with Crippen LogP contribution in [0, 0.1) is 17.5 Å². The van der Waals surface area contributed by atoms with Crippen molar-refractivity contribution in [2.24, 2.45) is 0 Å². The molecule has 0 radical (unpaired) electrons. The number of nitrogens with one attached hydrogen (secondary N) is 2. The minimum Gasteiger partial charge on any atom is -0.388 e. The van der Waals surface area contributed by atoms with Gasteiger partial charge in [-0.2, -0.15) is 0 Å². The summed E-state index contributed by atoms with van der Waals surface area (Å²) in [6.45, 7) is 3.74. The predicted octanol–water partition coefficient (Wildman–Crippen LogP) is 1.69. The van der Waals surface area contributed by atoms with Crippen LogP contribution in [0.25, 0.3) is 10.9 Å². The molecule has 0 aliphatic rings. The average molecular weight is 436 g/mol. The summed E-state index contributed by atoms with van der Waals surface area (Å²) < 4.78 is 41.2. The molecule has 8 nitrogen and oxygen atoms in total. The zero-order valence-electron chi connectivity index (χ0n) is 16.7. The molecule has 2 aromatic heterocycles. The fourth-order valence-corrected chi connectivity index (χ4v) is 3.29. The Morgan fingerprint density at radius 3 is 2.48 bits per heavy atom. The number of halogens is 3. The van der Waals surface area contributed by atoms with Crippen molar-refractivity contribution >= 4 is 16.8 Å². The van der Waals surface area contributed by atoms with Crippen LogP contribution in [0.2, 0.25) is 0 Å². The van der Waals surface area contributed by atoms with Crippen LogP contribution in [-0.4, -0.2) is 31.1 Å². The lowest BCUT2D eigenvalue weighted by Crippen LogP contribution is -2.53.